The van der Waals surface area contributed by atoms with Gasteiger partial charge in [0.2, 0.25) is 5.91 Å². The second kappa shape index (κ2) is 6.51. The summed E-state index contributed by atoms with van der Waals surface area (Å²) in [6.45, 7) is 0.881. The lowest BCUT2D eigenvalue weighted by molar-refractivity contribution is -0.147. The molecule has 0 radical (unpaired) electrons. The normalized spacial score (nSPS) is 16.1. The third kappa shape index (κ3) is 3.80. The van der Waals surface area contributed by atoms with Gasteiger partial charge in [0, 0.05) is 32.5 Å². The number of rotatable bonds is 5. The molecule has 0 bridgehead atoms. The molecule has 0 spiro atoms. The number of carbonyl (C=O) groups is 2. The summed E-state index contributed by atoms with van der Waals surface area (Å²) in [5.41, 5.74) is 0.792. The summed E-state index contributed by atoms with van der Waals surface area (Å²) in [5, 5.41) is 13.0. The van der Waals surface area contributed by atoms with Gasteiger partial charge < -0.3 is 14.7 Å². The fourth-order valence-corrected chi connectivity index (χ4v) is 2.40. The van der Waals surface area contributed by atoms with Crippen molar-refractivity contribution < 1.29 is 19.4 Å². The average Bonchev–Trinajstić information content (AvgIpc) is 2.82. The number of hydrogen-bond acceptors (Lipinski definition) is 4. The van der Waals surface area contributed by atoms with Crippen molar-refractivity contribution in [3.63, 3.8) is 0 Å². The first-order valence-corrected chi connectivity index (χ1v) is 6.63. The molecule has 7 heteroatoms. The van der Waals surface area contributed by atoms with E-state index in [2.05, 4.69) is 5.10 Å². The van der Waals surface area contributed by atoms with Crippen LogP contribution in [0.25, 0.3) is 0 Å². The van der Waals surface area contributed by atoms with Crippen LogP contribution in [0, 0.1) is 0 Å². The lowest BCUT2D eigenvalue weighted by atomic mass is 10.1. The van der Waals surface area contributed by atoms with E-state index in [0.29, 0.717) is 26.1 Å². The molecule has 110 valence electrons. The molecule has 1 amide bonds. The van der Waals surface area contributed by atoms with Crippen LogP contribution in [0.4, 0.5) is 0 Å². The summed E-state index contributed by atoms with van der Waals surface area (Å²) >= 11 is 0. The smallest absolute Gasteiger partial charge is 0.323 e. The lowest BCUT2D eigenvalue weighted by Crippen LogP contribution is -2.46. The zero-order valence-electron chi connectivity index (χ0n) is 11.5. The Bertz CT molecular complexity index is 480. The van der Waals surface area contributed by atoms with E-state index in [4.69, 9.17) is 9.84 Å². The van der Waals surface area contributed by atoms with Gasteiger partial charge in [0.05, 0.1) is 12.6 Å². The fourth-order valence-electron chi connectivity index (χ4n) is 2.40. The minimum atomic E-state index is -0.990. The molecule has 0 unspecified atom stereocenters. The molecule has 1 saturated heterocycles. The Morgan fingerprint density at radius 3 is 2.75 bits per heavy atom. The molecule has 0 atom stereocenters. The van der Waals surface area contributed by atoms with E-state index in [9.17, 15) is 9.59 Å². The minimum Gasteiger partial charge on any atom is -0.480 e. The summed E-state index contributed by atoms with van der Waals surface area (Å²) in [4.78, 5) is 24.8. The van der Waals surface area contributed by atoms with Crippen LogP contribution in [-0.2, 0) is 27.8 Å². The van der Waals surface area contributed by atoms with Crippen LogP contribution >= 0.6 is 0 Å². The van der Waals surface area contributed by atoms with Gasteiger partial charge in [-0.05, 0) is 18.4 Å². The lowest BCUT2D eigenvalue weighted by Gasteiger charge is -2.33. The average molecular weight is 281 g/mol. The number of aryl methyl sites for hydroxylation is 1. The van der Waals surface area contributed by atoms with Crippen molar-refractivity contribution in [3.8, 4) is 0 Å². The number of carbonyl (C=O) groups excluding carboxylic acids is 1. The summed E-state index contributed by atoms with van der Waals surface area (Å²) in [6, 6.07) is -0.0518. The maximum atomic E-state index is 12.3. The van der Waals surface area contributed by atoms with Gasteiger partial charge in [0.15, 0.2) is 0 Å². The summed E-state index contributed by atoms with van der Waals surface area (Å²) in [6.07, 6.45) is 4.94. The highest BCUT2D eigenvalue weighted by Gasteiger charge is 2.27. The Balaban J connectivity index is 2.04. The molecule has 1 fully saturated rings. The van der Waals surface area contributed by atoms with E-state index in [0.717, 1.165) is 5.56 Å². The largest absolute Gasteiger partial charge is 0.480 e. The number of carboxylic acid groups (broad SMARTS) is 1. The highest BCUT2D eigenvalue weighted by molar-refractivity contribution is 5.83. The maximum absolute atomic E-state index is 12.3. The van der Waals surface area contributed by atoms with Gasteiger partial charge in [-0.15, -0.1) is 0 Å². The first kappa shape index (κ1) is 14.5. The Morgan fingerprint density at radius 1 is 1.50 bits per heavy atom. The van der Waals surface area contributed by atoms with E-state index in [1.807, 2.05) is 0 Å². The van der Waals surface area contributed by atoms with Gasteiger partial charge in [0.1, 0.15) is 6.54 Å². The van der Waals surface area contributed by atoms with Crippen LogP contribution in [0.5, 0.6) is 0 Å². The monoisotopic (exact) mass is 281 g/mol. The highest BCUT2D eigenvalue weighted by Crippen LogP contribution is 2.16. The van der Waals surface area contributed by atoms with Crippen molar-refractivity contribution in [2.45, 2.75) is 25.3 Å². The number of aliphatic carboxylic acids is 1. The first-order chi connectivity index (χ1) is 9.56. The molecule has 1 aliphatic rings. The summed E-state index contributed by atoms with van der Waals surface area (Å²) in [7, 11) is 1.78. The SMILES string of the molecule is Cn1cc(CC(=O)N(CC(=O)O)C2CCOCC2)cn1. The number of carboxylic acids is 1. The minimum absolute atomic E-state index is 0.0518. The fraction of sp³-hybridized carbons (Fsp3) is 0.615. The second-order valence-electron chi connectivity index (χ2n) is 4.96. The van der Waals surface area contributed by atoms with Crippen LogP contribution in [-0.4, -0.2) is 57.5 Å². The van der Waals surface area contributed by atoms with Crippen LogP contribution in [0.2, 0.25) is 0 Å². The summed E-state index contributed by atoms with van der Waals surface area (Å²) in [5.74, 6) is -1.16. The molecule has 0 aliphatic carbocycles. The van der Waals surface area contributed by atoms with Gasteiger partial charge in [-0.1, -0.05) is 0 Å². The van der Waals surface area contributed by atoms with Crippen LogP contribution < -0.4 is 0 Å². The van der Waals surface area contributed by atoms with Gasteiger partial charge in [-0.25, -0.2) is 0 Å². The molecule has 1 aromatic rings. The quantitative estimate of drug-likeness (QED) is 0.824. The second-order valence-corrected chi connectivity index (χ2v) is 4.96. The summed E-state index contributed by atoms with van der Waals surface area (Å²) < 4.78 is 6.88. The van der Waals surface area contributed by atoms with Crippen LogP contribution in [0.3, 0.4) is 0 Å². The Morgan fingerprint density at radius 2 is 2.20 bits per heavy atom. The van der Waals surface area contributed by atoms with Crippen molar-refractivity contribution in [1.82, 2.24) is 14.7 Å². The van der Waals surface area contributed by atoms with Crippen LogP contribution in [0.1, 0.15) is 18.4 Å². The van der Waals surface area contributed by atoms with Crippen molar-refractivity contribution in [2.24, 2.45) is 7.05 Å². The predicted octanol–water partition coefficient (Wildman–Crippen LogP) is 0.0548. The van der Waals surface area contributed by atoms with Crippen molar-refractivity contribution in [2.75, 3.05) is 19.8 Å². The van der Waals surface area contributed by atoms with Gasteiger partial charge in [-0.3, -0.25) is 14.3 Å². The first-order valence-electron chi connectivity index (χ1n) is 6.63. The van der Waals surface area contributed by atoms with Gasteiger partial charge in [0.25, 0.3) is 0 Å². The molecular formula is C13H19N3O4. The van der Waals surface area contributed by atoms with Crippen molar-refractivity contribution >= 4 is 11.9 Å². The predicted molar refractivity (Wildman–Crippen MR) is 70.1 cm³/mol. The van der Waals surface area contributed by atoms with Gasteiger partial charge >= 0.3 is 5.97 Å². The molecule has 1 aromatic heterocycles. The van der Waals surface area contributed by atoms with Crippen LogP contribution in [0.15, 0.2) is 12.4 Å². The molecule has 1 aliphatic heterocycles. The van der Waals surface area contributed by atoms with E-state index in [1.54, 1.807) is 24.1 Å². The molecule has 2 rings (SSSR count). The molecule has 2 heterocycles. The number of nitrogens with zero attached hydrogens (tertiary/aromatic N) is 3. The zero-order chi connectivity index (χ0) is 14.5. The molecule has 1 N–H and O–H groups in total. The van der Waals surface area contributed by atoms with E-state index < -0.39 is 5.97 Å². The molecule has 0 saturated carbocycles. The van der Waals surface area contributed by atoms with Crippen molar-refractivity contribution in [3.05, 3.63) is 18.0 Å². The van der Waals surface area contributed by atoms with Crippen molar-refractivity contribution in [1.29, 1.82) is 0 Å². The molecular weight excluding hydrogens is 262 g/mol. The Hall–Kier alpha value is -1.89. The number of ether oxygens (including phenoxy) is 1. The molecule has 7 nitrogen and oxygen atoms in total. The third-order valence-corrected chi connectivity index (χ3v) is 3.37. The van der Waals surface area contributed by atoms with E-state index in [-0.39, 0.29) is 24.9 Å². The Kier molecular flexibility index (Phi) is 4.73. The number of hydrogen-bond donors (Lipinski definition) is 1. The maximum Gasteiger partial charge on any atom is 0.323 e. The zero-order valence-corrected chi connectivity index (χ0v) is 11.5. The number of aromatic nitrogens is 2. The Labute approximate surface area is 117 Å². The number of amides is 1. The third-order valence-electron chi connectivity index (χ3n) is 3.37. The standard InChI is InChI=1S/C13H19N3O4/c1-15-8-10(7-14-15)6-12(17)16(9-13(18)19)11-2-4-20-5-3-11/h7-8,11H,2-6,9H2,1H3,(H,18,19). The molecule has 0 aromatic carbocycles. The van der Waals surface area contributed by atoms with Gasteiger partial charge in [-0.2, -0.15) is 5.10 Å². The van der Waals surface area contributed by atoms with E-state index in [1.165, 1.54) is 4.90 Å². The van der Waals surface area contributed by atoms with E-state index >= 15 is 0 Å². The topological polar surface area (TPSA) is 84.7 Å². The highest BCUT2D eigenvalue weighted by atomic mass is 16.5. The molecule has 20 heavy (non-hydrogen) atoms.